The van der Waals surface area contributed by atoms with E-state index in [1.165, 1.54) is 22.2 Å². The standard InChI is InChI=1S/C32H33N3O2S/c1-4-5-9-23-12-14-24(15-13-23)20-29-31(37)35(27-18-16-25(17-19-27)22(2)3)32(38-29)28(21-33)30(36)34-26-10-7-6-8-11-26/h6-8,10-19,22,29H,4-5,9,20H2,1-3H3,(H,34,36)/b32-28-. The van der Waals surface area contributed by atoms with E-state index in [9.17, 15) is 14.9 Å². The number of hydrogen-bond acceptors (Lipinski definition) is 4. The molecule has 0 saturated carbocycles. The fourth-order valence-electron chi connectivity index (χ4n) is 4.38. The molecule has 0 bridgehead atoms. The fraction of sp³-hybridized carbons (Fsp3) is 0.281. The van der Waals surface area contributed by atoms with Crippen LogP contribution in [0.5, 0.6) is 0 Å². The van der Waals surface area contributed by atoms with Crippen molar-refractivity contribution in [1.29, 1.82) is 5.26 Å². The summed E-state index contributed by atoms with van der Waals surface area (Å²) < 4.78 is 0. The Bertz CT molecular complexity index is 1340. The molecule has 0 aliphatic carbocycles. The molecule has 1 N–H and O–H groups in total. The van der Waals surface area contributed by atoms with Gasteiger partial charge in [0, 0.05) is 11.4 Å². The zero-order valence-corrected chi connectivity index (χ0v) is 22.9. The number of amides is 2. The summed E-state index contributed by atoms with van der Waals surface area (Å²) in [4.78, 5) is 28.5. The van der Waals surface area contributed by atoms with E-state index in [4.69, 9.17) is 0 Å². The summed E-state index contributed by atoms with van der Waals surface area (Å²) in [7, 11) is 0. The van der Waals surface area contributed by atoms with Crippen LogP contribution in [0.3, 0.4) is 0 Å². The summed E-state index contributed by atoms with van der Waals surface area (Å²) in [6, 6.07) is 27.3. The summed E-state index contributed by atoms with van der Waals surface area (Å²) in [6.07, 6.45) is 3.86. The molecule has 2 amide bonds. The second-order valence-corrected chi connectivity index (χ2v) is 11.0. The van der Waals surface area contributed by atoms with Crippen molar-refractivity contribution in [3.05, 3.63) is 106 Å². The molecule has 38 heavy (non-hydrogen) atoms. The van der Waals surface area contributed by atoms with Crippen LogP contribution in [0.2, 0.25) is 0 Å². The van der Waals surface area contributed by atoms with Crippen molar-refractivity contribution in [3.63, 3.8) is 0 Å². The van der Waals surface area contributed by atoms with Crippen molar-refractivity contribution in [2.45, 2.75) is 57.6 Å². The van der Waals surface area contributed by atoms with Crippen LogP contribution in [-0.4, -0.2) is 17.1 Å². The SMILES string of the molecule is CCCCc1ccc(CC2S/C(=C(/C#N)C(=O)Nc3ccccc3)N(c3ccc(C(C)C)cc3)C2=O)cc1. The molecule has 3 aromatic rings. The van der Waals surface area contributed by atoms with Gasteiger partial charge in [0.15, 0.2) is 0 Å². The minimum absolute atomic E-state index is 0.0717. The second-order valence-electron chi connectivity index (χ2n) is 9.76. The number of benzene rings is 3. The Hall–Kier alpha value is -3.82. The molecule has 1 aliphatic rings. The van der Waals surface area contributed by atoms with Gasteiger partial charge in [-0.05, 0) is 66.1 Å². The van der Waals surface area contributed by atoms with E-state index in [0.29, 0.717) is 28.7 Å². The number of para-hydroxylation sites is 1. The van der Waals surface area contributed by atoms with Crippen molar-refractivity contribution in [2.75, 3.05) is 10.2 Å². The number of thioether (sulfide) groups is 1. The number of nitrogens with one attached hydrogen (secondary N) is 1. The molecule has 6 heteroatoms. The van der Waals surface area contributed by atoms with E-state index in [1.807, 2.05) is 42.5 Å². The molecule has 1 heterocycles. The summed E-state index contributed by atoms with van der Waals surface area (Å²) in [5.74, 6) is -0.307. The van der Waals surface area contributed by atoms with E-state index in [1.54, 1.807) is 12.1 Å². The predicted molar refractivity (Wildman–Crippen MR) is 156 cm³/mol. The number of rotatable bonds is 9. The molecule has 1 saturated heterocycles. The lowest BCUT2D eigenvalue weighted by Crippen LogP contribution is -2.31. The van der Waals surface area contributed by atoms with Gasteiger partial charge < -0.3 is 5.32 Å². The zero-order valence-electron chi connectivity index (χ0n) is 22.1. The van der Waals surface area contributed by atoms with Gasteiger partial charge >= 0.3 is 0 Å². The highest BCUT2D eigenvalue weighted by atomic mass is 32.2. The monoisotopic (exact) mass is 523 g/mol. The molecule has 1 fully saturated rings. The first-order valence-corrected chi connectivity index (χ1v) is 14.0. The van der Waals surface area contributed by atoms with E-state index in [2.05, 4.69) is 56.4 Å². The number of hydrogen-bond donors (Lipinski definition) is 1. The maximum atomic E-state index is 13.8. The maximum Gasteiger partial charge on any atom is 0.269 e. The highest BCUT2D eigenvalue weighted by molar-refractivity contribution is 8.05. The van der Waals surface area contributed by atoms with E-state index in [-0.39, 0.29) is 11.5 Å². The van der Waals surface area contributed by atoms with Gasteiger partial charge in [-0.2, -0.15) is 5.26 Å². The minimum atomic E-state index is -0.529. The Balaban J connectivity index is 1.67. The van der Waals surface area contributed by atoms with Crippen LogP contribution in [0.1, 0.15) is 56.2 Å². The molecule has 4 rings (SSSR count). The quantitative estimate of drug-likeness (QED) is 0.237. The molecular weight excluding hydrogens is 490 g/mol. The van der Waals surface area contributed by atoms with Crippen molar-refractivity contribution >= 4 is 35.0 Å². The van der Waals surface area contributed by atoms with Crippen LogP contribution in [0.4, 0.5) is 11.4 Å². The Morgan fingerprint density at radius 1 is 1.00 bits per heavy atom. The number of anilines is 2. The van der Waals surface area contributed by atoms with Gasteiger partial charge in [0.25, 0.3) is 5.91 Å². The molecule has 5 nitrogen and oxygen atoms in total. The normalized spacial score (nSPS) is 16.4. The largest absolute Gasteiger partial charge is 0.321 e. The van der Waals surface area contributed by atoms with Crippen LogP contribution in [0.15, 0.2) is 89.5 Å². The lowest BCUT2D eigenvalue weighted by atomic mass is 10.0. The van der Waals surface area contributed by atoms with Crippen LogP contribution in [-0.2, 0) is 22.4 Å². The van der Waals surface area contributed by atoms with Gasteiger partial charge in [-0.25, -0.2) is 0 Å². The highest BCUT2D eigenvalue weighted by Gasteiger charge is 2.40. The van der Waals surface area contributed by atoms with E-state index >= 15 is 0 Å². The molecule has 1 unspecified atom stereocenters. The number of nitrogens with zero attached hydrogens (tertiary/aromatic N) is 2. The minimum Gasteiger partial charge on any atom is -0.321 e. The van der Waals surface area contributed by atoms with Crippen LogP contribution < -0.4 is 10.2 Å². The smallest absolute Gasteiger partial charge is 0.269 e. The second kappa shape index (κ2) is 12.6. The first-order valence-electron chi connectivity index (χ1n) is 13.1. The highest BCUT2D eigenvalue weighted by Crippen LogP contribution is 2.42. The third-order valence-electron chi connectivity index (χ3n) is 6.62. The summed E-state index contributed by atoms with van der Waals surface area (Å²) in [6.45, 7) is 6.41. The lowest BCUT2D eigenvalue weighted by Gasteiger charge is -2.19. The summed E-state index contributed by atoms with van der Waals surface area (Å²) in [5.41, 5.74) is 4.67. The van der Waals surface area contributed by atoms with Gasteiger partial charge in [-0.3, -0.25) is 14.5 Å². The van der Waals surface area contributed by atoms with Crippen molar-refractivity contribution in [3.8, 4) is 6.07 Å². The number of carbonyl (C=O) groups is 2. The van der Waals surface area contributed by atoms with Gasteiger partial charge in [0.1, 0.15) is 16.7 Å². The zero-order chi connectivity index (χ0) is 27.1. The summed E-state index contributed by atoms with van der Waals surface area (Å²) in [5, 5.41) is 12.8. The number of carbonyl (C=O) groups excluding carboxylic acids is 2. The Kier molecular flexibility index (Phi) is 9.04. The van der Waals surface area contributed by atoms with E-state index < -0.39 is 11.2 Å². The van der Waals surface area contributed by atoms with Gasteiger partial charge in [0.05, 0.1) is 5.25 Å². The van der Waals surface area contributed by atoms with Crippen molar-refractivity contribution in [1.82, 2.24) is 0 Å². The predicted octanol–water partition coefficient (Wildman–Crippen LogP) is 7.22. The Labute approximate surface area is 229 Å². The van der Waals surface area contributed by atoms with Crippen LogP contribution in [0, 0.1) is 11.3 Å². The fourth-order valence-corrected chi connectivity index (χ4v) is 5.69. The third kappa shape index (κ3) is 6.35. The topological polar surface area (TPSA) is 73.2 Å². The number of unbranched alkanes of at least 4 members (excludes halogenated alkanes) is 1. The van der Waals surface area contributed by atoms with Crippen LogP contribution >= 0.6 is 11.8 Å². The van der Waals surface area contributed by atoms with Gasteiger partial charge in [0.2, 0.25) is 5.91 Å². The lowest BCUT2D eigenvalue weighted by molar-refractivity contribution is -0.117. The van der Waals surface area contributed by atoms with Crippen molar-refractivity contribution in [2.24, 2.45) is 0 Å². The number of nitriles is 1. The molecule has 0 aromatic heterocycles. The third-order valence-corrected chi connectivity index (χ3v) is 7.88. The average molecular weight is 524 g/mol. The molecule has 3 aromatic carbocycles. The maximum absolute atomic E-state index is 13.8. The van der Waals surface area contributed by atoms with Crippen LogP contribution in [0.25, 0.3) is 0 Å². The Morgan fingerprint density at radius 2 is 1.66 bits per heavy atom. The van der Waals surface area contributed by atoms with Gasteiger partial charge in [-0.1, -0.05) is 93.6 Å². The number of aryl methyl sites for hydroxylation is 1. The van der Waals surface area contributed by atoms with Gasteiger partial charge in [-0.15, -0.1) is 0 Å². The molecular formula is C32H33N3O2S. The molecule has 1 aliphatic heterocycles. The first kappa shape index (κ1) is 27.2. The molecule has 0 radical (unpaired) electrons. The first-order chi connectivity index (χ1) is 18.4. The van der Waals surface area contributed by atoms with E-state index in [0.717, 1.165) is 30.4 Å². The summed E-state index contributed by atoms with van der Waals surface area (Å²) >= 11 is 1.29. The molecule has 1 atom stereocenters. The Morgan fingerprint density at radius 3 is 2.26 bits per heavy atom. The molecule has 0 spiro atoms. The van der Waals surface area contributed by atoms with Crippen molar-refractivity contribution < 1.29 is 9.59 Å². The molecule has 194 valence electrons. The average Bonchev–Trinajstić information content (AvgIpc) is 3.24.